The standard InChI is InChI=1S/C15H20N2O5S/c1-17(12-8-3-4-9-13(12)23(2,21)22)14(18)10-6-5-7-11(16-10)15(19)20/h5-7,12-13H,3-4,8-9H2,1-2H3,(H,19,20). The monoisotopic (exact) mass is 340 g/mol. The highest BCUT2D eigenvalue weighted by Crippen LogP contribution is 2.28. The summed E-state index contributed by atoms with van der Waals surface area (Å²) < 4.78 is 23.9. The molecule has 1 fully saturated rings. The highest BCUT2D eigenvalue weighted by Gasteiger charge is 2.37. The smallest absolute Gasteiger partial charge is 0.354 e. The maximum absolute atomic E-state index is 12.6. The molecule has 126 valence electrons. The number of rotatable bonds is 4. The number of pyridine rings is 1. The number of carbonyl (C=O) groups excluding carboxylic acids is 1. The first-order valence-corrected chi connectivity index (χ1v) is 9.33. The van der Waals surface area contributed by atoms with E-state index in [9.17, 15) is 18.0 Å². The molecule has 0 radical (unpaired) electrons. The molecule has 2 atom stereocenters. The second-order valence-corrected chi connectivity index (χ2v) is 8.11. The lowest BCUT2D eigenvalue weighted by molar-refractivity contribution is 0.0685. The van der Waals surface area contributed by atoms with Crippen LogP contribution in [-0.4, -0.2) is 59.9 Å². The Kier molecular flexibility index (Phi) is 5.03. The molecule has 0 aromatic carbocycles. The molecule has 0 saturated heterocycles. The minimum Gasteiger partial charge on any atom is -0.477 e. The van der Waals surface area contributed by atoms with Crippen molar-refractivity contribution in [3.05, 3.63) is 29.6 Å². The van der Waals surface area contributed by atoms with E-state index in [0.717, 1.165) is 12.8 Å². The van der Waals surface area contributed by atoms with E-state index in [4.69, 9.17) is 5.11 Å². The quantitative estimate of drug-likeness (QED) is 0.883. The largest absolute Gasteiger partial charge is 0.477 e. The lowest BCUT2D eigenvalue weighted by atomic mass is 9.93. The SMILES string of the molecule is CN(C(=O)c1cccc(C(=O)O)n1)C1CCCCC1S(C)(=O)=O. The van der Waals surface area contributed by atoms with Gasteiger partial charge in [0.25, 0.3) is 5.91 Å². The average molecular weight is 340 g/mol. The summed E-state index contributed by atoms with van der Waals surface area (Å²) in [6.45, 7) is 0. The third-order valence-corrected chi connectivity index (χ3v) is 5.87. The van der Waals surface area contributed by atoms with Gasteiger partial charge < -0.3 is 10.0 Å². The highest BCUT2D eigenvalue weighted by atomic mass is 32.2. The molecule has 23 heavy (non-hydrogen) atoms. The molecule has 1 aromatic rings. The van der Waals surface area contributed by atoms with Crippen molar-refractivity contribution in [1.29, 1.82) is 0 Å². The van der Waals surface area contributed by atoms with Gasteiger partial charge in [-0.2, -0.15) is 0 Å². The summed E-state index contributed by atoms with van der Waals surface area (Å²) in [5.41, 5.74) is -0.210. The summed E-state index contributed by atoms with van der Waals surface area (Å²) in [7, 11) is -1.72. The number of sulfone groups is 1. The van der Waals surface area contributed by atoms with Crippen molar-refractivity contribution in [2.24, 2.45) is 0 Å². The predicted molar refractivity (Wildman–Crippen MR) is 84.2 cm³/mol. The highest BCUT2D eigenvalue weighted by molar-refractivity contribution is 7.91. The van der Waals surface area contributed by atoms with Crippen LogP contribution in [0.15, 0.2) is 18.2 Å². The molecule has 1 aromatic heterocycles. The fourth-order valence-corrected chi connectivity index (χ4v) is 4.51. The van der Waals surface area contributed by atoms with Crippen LogP contribution in [0.4, 0.5) is 0 Å². The first kappa shape index (κ1) is 17.4. The van der Waals surface area contributed by atoms with E-state index in [0.29, 0.717) is 12.8 Å². The van der Waals surface area contributed by atoms with Crippen molar-refractivity contribution in [3.8, 4) is 0 Å². The Labute approximate surface area is 135 Å². The molecule has 0 spiro atoms. The van der Waals surface area contributed by atoms with E-state index >= 15 is 0 Å². The van der Waals surface area contributed by atoms with Gasteiger partial charge in [-0.3, -0.25) is 4.79 Å². The second-order valence-electron chi connectivity index (χ2n) is 5.85. The molecule has 0 bridgehead atoms. The third kappa shape index (κ3) is 3.87. The van der Waals surface area contributed by atoms with Crippen molar-refractivity contribution in [2.75, 3.05) is 13.3 Å². The summed E-state index contributed by atoms with van der Waals surface area (Å²) in [4.78, 5) is 28.8. The molecule has 1 saturated carbocycles. The Morgan fingerprint density at radius 1 is 1.22 bits per heavy atom. The number of hydrogen-bond donors (Lipinski definition) is 1. The van der Waals surface area contributed by atoms with Gasteiger partial charge in [-0.05, 0) is 25.0 Å². The van der Waals surface area contributed by atoms with Gasteiger partial charge in [-0.1, -0.05) is 18.9 Å². The van der Waals surface area contributed by atoms with E-state index in [1.54, 1.807) is 7.05 Å². The van der Waals surface area contributed by atoms with Crippen LogP contribution < -0.4 is 0 Å². The number of carboxylic acid groups (broad SMARTS) is 1. The molecule has 8 heteroatoms. The van der Waals surface area contributed by atoms with Gasteiger partial charge in [-0.15, -0.1) is 0 Å². The van der Waals surface area contributed by atoms with E-state index < -0.39 is 33.0 Å². The van der Waals surface area contributed by atoms with Gasteiger partial charge in [0.15, 0.2) is 9.84 Å². The van der Waals surface area contributed by atoms with Gasteiger partial charge in [-0.25, -0.2) is 18.2 Å². The molecule has 7 nitrogen and oxygen atoms in total. The predicted octanol–water partition coefficient (Wildman–Crippen LogP) is 1.21. The molecule has 1 aliphatic rings. The van der Waals surface area contributed by atoms with E-state index in [2.05, 4.69) is 4.98 Å². The fourth-order valence-electron chi connectivity index (χ4n) is 3.02. The van der Waals surface area contributed by atoms with E-state index in [-0.39, 0.29) is 11.4 Å². The second kappa shape index (κ2) is 6.66. The molecule has 2 rings (SSSR count). The van der Waals surface area contributed by atoms with Crippen LogP contribution in [0, 0.1) is 0 Å². The van der Waals surface area contributed by atoms with E-state index in [1.807, 2.05) is 0 Å². The number of carbonyl (C=O) groups is 2. The number of hydrogen-bond acceptors (Lipinski definition) is 5. The minimum absolute atomic E-state index is 0.00484. The molecule has 0 aliphatic heterocycles. The number of aromatic nitrogens is 1. The first-order valence-electron chi connectivity index (χ1n) is 7.38. The third-order valence-electron chi connectivity index (χ3n) is 4.22. The van der Waals surface area contributed by atoms with E-state index in [1.165, 1.54) is 29.4 Å². The Morgan fingerprint density at radius 3 is 2.43 bits per heavy atom. The average Bonchev–Trinajstić information content (AvgIpc) is 2.52. The van der Waals surface area contributed by atoms with Crippen LogP contribution in [-0.2, 0) is 9.84 Å². The zero-order valence-electron chi connectivity index (χ0n) is 13.1. The number of amides is 1. The van der Waals surface area contributed by atoms with Gasteiger partial charge in [0.1, 0.15) is 11.4 Å². The van der Waals surface area contributed by atoms with Crippen LogP contribution in [0.3, 0.4) is 0 Å². The maximum Gasteiger partial charge on any atom is 0.354 e. The van der Waals surface area contributed by atoms with Crippen molar-refractivity contribution >= 4 is 21.7 Å². The summed E-state index contributed by atoms with van der Waals surface area (Å²) in [5.74, 6) is -1.68. The normalized spacial score (nSPS) is 21.7. The van der Waals surface area contributed by atoms with Crippen LogP contribution in [0.1, 0.15) is 46.7 Å². The Bertz CT molecular complexity index is 716. The zero-order valence-corrected chi connectivity index (χ0v) is 13.9. The van der Waals surface area contributed by atoms with Gasteiger partial charge >= 0.3 is 5.97 Å². The minimum atomic E-state index is -3.27. The molecule has 1 heterocycles. The number of carboxylic acids is 1. The van der Waals surface area contributed by atoms with Gasteiger partial charge in [0, 0.05) is 19.3 Å². The molecule has 1 aliphatic carbocycles. The first-order chi connectivity index (χ1) is 10.7. The van der Waals surface area contributed by atoms with Crippen LogP contribution in [0.5, 0.6) is 0 Å². The zero-order chi connectivity index (χ0) is 17.2. The summed E-state index contributed by atoms with van der Waals surface area (Å²) in [5, 5.41) is 8.37. The van der Waals surface area contributed by atoms with Crippen molar-refractivity contribution in [3.63, 3.8) is 0 Å². The molecule has 1 N–H and O–H groups in total. The maximum atomic E-state index is 12.6. The molecular weight excluding hydrogens is 320 g/mol. The summed E-state index contributed by atoms with van der Waals surface area (Å²) in [6, 6.07) is 3.77. The fraction of sp³-hybridized carbons (Fsp3) is 0.533. The van der Waals surface area contributed by atoms with Crippen LogP contribution in [0.25, 0.3) is 0 Å². The molecular formula is C15H20N2O5S. The lowest BCUT2D eigenvalue weighted by Crippen LogP contribution is -2.49. The van der Waals surface area contributed by atoms with Crippen molar-refractivity contribution < 1.29 is 23.1 Å². The van der Waals surface area contributed by atoms with Crippen molar-refractivity contribution in [1.82, 2.24) is 9.88 Å². The molecule has 2 unspecified atom stereocenters. The van der Waals surface area contributed by atoms with Crippen molar-refractivity contribution in [2.45, 2.75) is 37.0 Å². The Hall–Kier alpha value is -1.96. The number of nitrogens with zero attached hydrogens (tertiary/aromatic N) is 2. The molecule has 1 amide bonds. The Morgan fingerprint density at radius 2 is 1.83 bits per heavy atom. The summed E-state index contributed by atoms with van der Waals surface area (Å²) in [6.07, 6.45) is 4.01. The van der Waals surface area contributed by atoms with Crippen LogP contribution in [0.2, 0.25) is 0 Å². The summed E-state index contributed by atoms with van der Waals surface area (Å²) >= 11 is 0. The van der Waals surface area contributed by atoms with Crippen LogP contribution >= 0.6 is 0 Å². The Balaban J connectivity index is 2.27. The van der Waals surface area contributed by atoms with Gasteiger partial charge in [0.05, 0.1) is 5.25 Å². The van der Waals surface area contributed by atoms with Gasteiger partial charge in [0.2, 0.25) is 0 Å². The lowest BCUT2D eigenvalue weighted by Gasteiger charge is -2.36. The topological polar surface area (TPSA) is 105 Å². The number of aromatic carboxylic acids is 1.